The Morgan fingerprint density at radius 1 is 0.600 bits per heavy atom. The summed E-state index contributed by atoms with van der Waals surface area (Å²) in [6.45, 7) is 2.36. The molecule has 3 unspecified atom stereocenters. The maximum Gasteiger partial charge on any atom is 0.472 e. The van der Waals surface area contributed by atoms with E-state index in [1.54, 1.807) is 0 Å². The van der Waals surface area contributed by atoms with Gasteiger partial charge in [-0.05, 0) is 77.0 Å². The molecule has 0 aliphatic rings. The molecule has 0 aromatic heterocycles. The molecule has 0 fully saturated rings. The lowest BCUT2D eigenvalue weighted by atomic mass is 10.1. The van der Waals surface area contributed by atoms with Gasteiger partial charge in [-0.3, -0.25) is 18.6 Å². The van der Waals surface area contributed by atoms with E-state index in [4.69, 9.17) is 13.8 Å². The second-order valence-electron chi connectivity index (χ2n) is 13.4. The average molecular weight is 794 g/mol. The Balaban J connectivity index is 4.00. The molecule has 0 bridgehead atoms. The molecule has 0 aliphatic heterocycles. The highest BCUT2D eigenvalue weighted by Gasteiger charge is 2.28. The minimum atomic E-state index is -4.76. The first kappa shape index (κ1) is 51.9. The lowest BCUT2D eigenvalue weighted by Crippen LogP contribution is -2.43. The van der Waals surface area contributed by atoms with Gasteiger partial charge in [0.2, 0.25) is 5.91 Å². The van der Waals surface area contributed by atoms with Gasteiger partial charge in [-0.2, -0.15) is 0 Å². The van der Waals surface area contributed by atoms with Crippen molar-refractivity contribution in [2.45, 2.75) is 161 Å². The summed E-state index contributed by atoms with van der Waals surface area (Å²) in [6, 6.07) is -1.56. The lowest BCUT2D eigenvalue weighted by molar-refractivity contribution is -0.147. The van der Waals surface area contributed by atoms with Crippen LogP contribution in [0.4, 0.5) is 0 Å². The zero-order valence-electron chi connectivity index (χ0n) is 33.7. The third-order valence-corrected chi connectivity index (χ3v) is 9.16. The van der Waals surface area contributed by atoms with Crippen LogP contribution >= 0.6 is 7.82 Å². The molecule has 12 heteroatoms. The molecule has 11 nitrogen and oxygen atoms in total. The van der Waals surface area contributed by atoms with Gasteiger partial charge < -0.3 is 25.2 Å². The molecule has 314 valence electrons. The number of rotatable bonds is 37. The smallest absolute Gasteiger partial charge is 0.472 e. The molecule has 0 radical (unpaired) electrons. The van der Waals surface area contributed by atoms with Crippen LogP contribution in [0.15, 0.2) is 72.9 Å². The SMILES string of the molecule is CC/C=C\C/C=C\C/C=C\C/C=C\C/C=C\CCCCCCCC(=O)NC(COP(=O)(O)OCC(O)COC(=O)CCCCCCC/C=C\CCC)C(=O)O. The number of hydrogen-bond donors (Lipinski definition) is 4. The predicted octanol–water partition coefficient (Wildman–Crippen LogP) is 10.2. The monoisotopic (exact) mass is 793 g/mol. The quantitative estimate of drug-likeness (QED) is 0.0206. The number of carboxylic acid groups (broad SMARTS) is 1. The Morgan fingerprint density at radius 2 is 1.05 bits per heavy atom. The van der Waals surface area contributed by atoms with Crippen molar-refractivity contribution in [1.82, 2.24) is 5.32 Å². The number of allylic oxidation sites excluding steroid dienone is 12. The first-order valence-electron chi connectivity index (χ1n) is 20.5. The zero-order chi connectivity index (χ0) is 40.7. The van der Waals surface area contributed by atoms with Crippen LogP contribution in [-0.4, -0.2) is 64.9 Å². The highest BCUT2D eigenvalue weighted by atomic mass is 31.2. The Labute approximate surface area is 331 Å². The minimum Gasteiger partial charge on any atom is -0.480 e. The van der Waals surface area contributed by atoms with Gasteiger partial charge in [0.1, 0.15) is 12.7 Å². The van der Waals surface area contributed by atoms with Crippen molar-refractivity contribution >= 4 is 25.7 Å². The number of hydrogen-bond acceptors (Lipinski definition) is 8. The lowest BCUT2D eigenvalue weighted by Gasteiger charge is -2.18. The summed E-state index contributed by atoms with van der Waals surface area (Å²) in [5.74, 6) is -2.42. The minimum absolute atomic E-state index is 0.119. The number of ether oxygens (including phenoxy) is 1. The summed E-state index contributed by atoms with van der Waals surface area (Å²) in [5.41, 5.74) is 0. The van der Waals surface area contributed by atoms with E-state index in [2.05, 4.69) is 92.1 Å². The van der Waals surface area contributed by atoms with Gasteiger partial charge in [-0.1, -0.05) is 132 Å². The summed E-state index contributed by atoms with van der Waals surface area (Å²) in [6.07, 6.45) is 43.6. The molecule has 55 heavy (non-hydrogen) atoms. The fourth-order valence-electron chi connectivity index (χ4n) is 5.05. The summed E-state index contributed by atoms with van der Waals surface area (Å²) >= 11 is 0. The van der Waals surface area contributed by atoms with Crippen LogP contribution in [0.5, 0.6) is 0 Å². The van der Waals surface area contributed by atoms with E-state index in [-0.39, 0.29) is 12.8 Å². The average Bonchev–Trinajstić information content (AvgIpc) is 3.16. The Bertz CT molecular complexity index is 1210. The molecule has 0 aromatic rings. The number of carbonyl (C=O) groups is 3. The Hall–Kier alpha value is -3.08. The number of nitrogens with one attached hydrogen (secondary N) is 1. The maximum atomic E-state index is 12.3. The summed E-state index contributed by atoms with van der Waals surface area (Å²) in [7, 11) is -4.76. The van der Waals surface area contributed by atoms with E-state index in [0.717, 1.165) is 109 Å². The summed E-state index contributed by atoms with van der Waals surface area (Å²) in [5, 5.41) is 21.7. The van der Waals surface area contributed by atoms with Crippen LogP contribution in [-0.2, 0) is 32.7 Å². The number of aliphatic hydroxyl groups is 1. The fourth-order valence-corrected chi connectivity index (χ4v) is 5.82. The molecule has 4 N–H and O–H groups in total. The molecular weight excluding hydrogens is 721 g/mol. The number of phosphoric ester groups is 1. The third-order valence-electron chi connectivity index (χ3n) is 8.21. The number of aliphatic carboxylic acids is 1. The molecular formula is C43H72NO10P. The van der Waals surface area contributed by atoms with Crippen molar-refractivity contribution in [3.63, 3.8) is 0 Å². The Morgan fingerprint density at radius 3 is 1.60 bits per heavy atom. The molecule has 0 saturated heterocycles. The van der Waals surface area contributed by atoms with Crippen molar-refractivity contribution in [1.29, 1.82) is 0 Å². The molecule has 1 amide bonds. The van der Waals surface area contributed by atoms with E-state index in [0.29, 0.717) is 12.8 Å². The summed E-state index contributed by atoms with van der Waals surface area (Å²) < 4.78 is 26.7. The predicted molar refractivity (Wildman–Crippen MR) is 221 cm³/mol. The van der Waals surface area contributed by atoms with Gasteiger partial charge >= 0.3 is 19.8 Å². The van der Waals surface area contributed by atoms with Gasteiger partial charge in [0.05, 0.1) is 13.2 Å². The van der Waals surface area contributed by atoms with Crippen LogP contribution in [0.1, 0.15) is 149 Å². The number of esters is 1. The van der Waals surface area contributed by atoms with Crippen molar-refractivity contribution in [2.75, 3.05) is 19.8 Å². The number of amides is 1. The van der Waals surface area contributed by atoms with Gasteiger partial charge in [0, 0.05) is 12.8 Å². The van der Waals surface area contributed by atoms with Crippen LogP contribution in [0.2, 0.25) is 0 Å². The van der Waals surface area contributed by atoms with Crippen molar-refractivity contribution in [3.8, 4) is 0 Å². The number of unbranched alkanes of at least 4 members (excludes halogenated alkanes) is 11. The topological polar surface area (TPSA) is 169 Å². The number of phosphoric acid groups is 1. The standard InChI is InChI=1S/C43H72NO10P/c1-3-5-7-9-11-13-15-16-17-18-19-20-21-22-23-24-25-26-28-30-32-34-41(46)44-40(43(48)49)38-54-55(50,51)53-37-39(45)36-52-42(47)35-33-31-29-27-14-12-10-8-6-4-2/h5,7-8,10-11,13,16-17,19-20,22-23,39-40,45H,3-4,6,9,12,14-15,18,21,24-38H2,1-2H3,(H,44,46)(H,48,49)(H,50,51)/b7-5-,10-8-,13-11-,17-16-,20-19-,23-22-. The number of carboxylic acids is 1. The van der Waals surface area contributed by atoms with Crippen molar-refractivity contribution < 1.29 is 47.8 Å². The largest absolute Gasteiger partial charge is 0.480 e. The molecule has 0 rings (SSSR count). The van der Waals surface area contributed by atoms with Crippen LogP contribution in [0, 0.1) is 0 Å². The Kier molecular flexibility index (Phi) is 35.7. The van der Waals surface area contributed by atoms with Crippen LogP contribution < -0.4 is 5.32 Å². The van der Waals surface area contributed by atoms with E-state index in [9.17, 15) is 34.1 Å². The highest BCUT2D eigenvalue weighted by Crippen LogP contribution is 2.43. The number of carbonyl (C=O) groups excluding carboxylic acids is 2. The van der Waals surface area contributed by atoms with E-state index in [1.807, 2.05) is 0 Å². The van der Waals surface area contributed by atoms with Gasteiger partial charge in [0.25, 0.3) is 0 Å². The molecule has 0 aromatic carbocycles. The summed E-state index contributed by atoms with van der Waals surface area (Å²) in [4.78, 5) is 45.8. The van der Waals surface area contributed by atoms with Crippen LogP contribution in [0.3, 0.4) is 0 Å². The first-order chi connectivity index (χ1) is 26.6. The maximum absolute atomic E-state index is 12.3. The normalized spacial score (nSPS) is 14.5. The fraction of sp³-hybridized carbons (Fsp3) is 0.651. The van der Waals surface area contributed by atoms with Gasteiger partial charge in [0.15, 0.2) is 6.04 Å². The second-order valence-corrected chi connectivity index (χ2v) is 14.9. The van der Waals surface area contributed by atoms with Gasteiger partial charge in [-0.25, -0.2) is 9.36 Å². The zero-order valence-corrected chi connectivity index (χ0v) is 34.6. The molecule has 3 atom stereocenters. The molecule has 0 spiro atoms. The third kappa shape index (κ3) is 37.6. The highest BCUT2D eigenvalue weighted by molar-refractivity contribution is 7.47. The molecule has 0 aliphatic carbocycles. The van der Waals surface area contributed by atoms with Crippen LogP contribution in [0.25, 0.3) is 0 Å². The second kappa shape index (κ2) is 37.8. The van der Waals surface area contributed by atoms with Gasteiger partial charge in [-0.15, -0.1) is 0 Å². The van der Waals surface area contributed by atoms with E-state index >= 15 is 0 Å². The van der Waals surface area contributed by atoms with Crippen molar-refractivity contribution in [3.05, 3.63) is 72.9 Å². The molecule has 0 saturated carbocycles. The number of aliphatic hydroxyl groups excluding tert-OH is 1. The van der Waals surface area contributed by atoms with E-state index in [1.165, 1.54) is 0 Å². The first-order valence-corrected chi connectivity index (χ1v) is 22.0. The molecule has 0 heterocycles. The van der Waals surface area contributed by atoms with Crippen molar-refractivity contribution in [2.24, 2.45) is 0 Å². The van der Waals surface area contributed by atoms with E-state index < -0.39 is 57.6 Å².